The molecule has 0 saturated heterocycles. The van der Waals surface area contributed by atoms with E-state index in [2.05, 4.69) is 10.3 Å². The molecule has 0 aliphatic heterocycles. The molecule has 2 rings (SSSR count). The lowest BCUT2D eigenvalue weighted by Gasteiger charge is -2.03. The SMILES string of the molecule is CCCc1nc(Nc2ccc(Cl)c(Cl)c2)sc1C(=O)O. The summed E-state index contributed by atoms with van der Waals surface area (Å²) in [5.41, 5.74) is 1.32. The summed E-state index contributed by atoms with van der Waals surface area (Å²) in [6.07, 6.45) is 1.48. The fraction of sp³-hybridized carbons (Fsp3) is 0.231. The minimum atomic E-state index is -0.951. The van der Waals surface area contributed by atoms with Crippen molar-refractivity contribution in [1.82, 2.24) is 4.98 Å². The molecule has 2 N–H and O–H groups in total. The van der Waals surface area contributed by atoms with E-state index in [0.717, 1.165) is 17.8 Å². The van der Waals surface area contributed by atoms with Gasteiger partial charge in [0.25, 0.3) is 0 Å². The van der Waals surface area contributed by atoms with Crippen molar-refractivity contribution >= 4 is 51.3 Å². The van der Waals surface area contributed by atoms with Crippen molar-refractivity contribution in [3.63, 3.8) is 0 Å². The summed E-state index contributed by atoms with van der Waals surface area (Å²) in [5.74, 6) is -0.951. The monoisotopic (exact) mass is 330 g/mol. The minimum absolute atomic E-state index is 0.273. The van der Waals surface area contributed by atoms with Gasteiger partial charge in [0.15, 0.2) is 5.13 Å². The Bertz CT molecular complexity index is 643. The number of carbonyl (C=O) groups is 1. The zero-order valence-electron chi connectivity index (χ0n) is 10.6. The number of anilines is 2. The Morgan fingerprint density at radius 2 is 2.15 bits per heavy atom. The van der Waals surface area contributed by atoms with Crippen LogP contribution in [-0.4, -0.2) is 16.1 Å². The van der Waals surface area contributed by atoms with Crippen molar-refractivity contribution in [1.29, 1.82) is 0 Å². The lowest BCUT2D eigenvalue weighted by Crippen LogP contribution is -1.98. The van der Waals surface area contributed by atoms with Crippen LogP contribution >= 0.6 is 34.5 Å². The van der Waals surface area contributed by atoms with Crippen molar-refractivity contribution in [2.75, 3.05) is 5.32 Å². The third-order valence-corrected chi connectivity index (χ3v) is 4.29. The number of carboxylic acid groups (broad SMARTS) is 1. The van der Waals surface area contributed by atoms with Crippen molar-refractivity contribution in [2.24, 2.45) is 0 Å². The van der Waals surface area contributed by atoms with Gasteiger partial charge in [-0.05, 0) is 24.6 Å². The van der Waals surface area contributed by atoms with Crippen molar-refractivity contribution in [3.8, 4) is 0 Å². The maximum atomic E-state index is 11.2. The van der Waals surface area contributed by atoms with Crippen LogP contribution in [0.3, 0.4) is 0 Å². The van der Waals surface area contributed by atoms with Crippen LogP contribution in [0.4, 0.5) is 10.8 Å². The summed E-state index contributed by atoms with van der Waals surface area (Å²) in [7, 11) is 0. The predicted molar refractivity (Wildman–Crippen MR) is 82.8 cm³/mol. The van der Waals surface area contributed by atoms with Gasteiger partial charge in [-0.2, -0.15) is 0 Å². The zero-order valence-corrected chi connectivity index (χ0v) is 12.9. The number of nitrogens with one attached hydrogen (secondary N) is 1. The number of aromatic nitrogens is 1. The summed E-state index contributed by atoms with van der Waals surface area (Å²) < 4.78 is 0. The van der Waals surface area contributed by atoms with Crippen molar-refractivity contribution < 1.29 is 9.90 Å². The number of carboxylic acids is 1. The maximum Gasteiger partial charge on any atom is 0.347 e. The standard InChI is InChI=1S/C13H12Cl2N2O2S/c1-2-3-10-11(12(18)19)20-13(17-10)16-7-4-5-8(14)9(15)6-7/h4-6H,2-3H2,1H3,(H,16,17)(H,18,19). The molecular formula is C13H12Cl2N2O2S. The molecule has 2 aromatic rings. The van der Waals surface area contributed by atoms with Gasteiger partial charge in [-0.3, -0.25) is 0 Å². The summed E-state index contributed by atoms with van der Waals surface area (Å²) in [6, 6.07) is 5.10. The lowest BCUT2D eigenvalue weighted by molar-refractivity contribution is 0.0700. The average Bonchev–Trinajstić information content (AvgIpc) is 2.77. The molecule has 0 bridgehead atoms. The highest BCUT2D eigenvalue weighted by Crippen LogP contribution is 2.30. The Morgan fingerprint density at radius 1 is 1.40 bits per heavy atom. The number of aromatic carboxylic acids is 1. The van der Waals surface area contributed by atoms with E-state index in [1.165, 1.54) is 0 Å². The van der Waals surface area contributed by atoms with E-state index in [0.29, 0.717) is 33.0 Å². The Balaban J connectivity index is 2.26. The largest absolute Gasteiger partial charge is 0.477 e. The Labute approximate surface area is 130 Å². The molecule has 1 aromatic carbocycles. The van der Waals surface area contributed by atoms with E-state index >= 15 is 0 Å². The summed E-state index contributed by atoms with van der Waals surface area (Å²) in [5, 5.41) is 13.6. The van der Waals surface area contributed by atoms with Crippen LogP contribution in [0.25, 0.3) is 0 Å². The van der Waals surface area contributed by atoms with Crippen LogP contribution in [-0.2, 0) is 6.42 Å². The van der Waals surface area contributed by atoms with E-state index in [-0.39, 0.29) is 4.88 Å². The lowest BCUT2D eigenvalue weighted by atomic mass is 10.2. The van der Waals surface area contributed by atoms with Gasteiger partial charge in [0, 0.05) is 5.69 Å². The van der Waals surface area contributed by atoms with Gasteiger partial charge in [-0.1, -0.05) is 47.9 Å². The molecule has 1 heterocycles. The number of hydrogen-bond acceptors (Lipinski definition) is 4. The van der Waals surface area contributed by atoms with E-state index in [1.807, 2.05) is 6.92 Å². The molecule has 4 nitrogen and oxygen atoms in total. The number of hydrogen-bond donors (Lipinski definition) is 2. The summed E-state index contributed by atoms with van der Waals surface area (Å²) in [4.78, 5) is 15.8. The van der Waals surface area contributed by atoms with Gasteiger partial charge in [-0.15, -0.1) is 0 Å². The third-order valence-electron chi connectivity index (χ3n) is 2.55. The normalized spacial score (nSPS) is 10.6. The van der Waals surface area contributed by atoms with Gasteiger partial charge >= 0.3 is 5.97 Å². The molecular weight excluding hydrogens is 319 g/mol. The van der Waals surface area contributed by atoms with E-state index in [1.54, 1.807) is 18.2 Å². The number of nitrogens with zero attached hydrogens (tertiary/aromatic N) is 1. The second kappa shape index (κ2) is 6.43. The van der Waals surface area contributed by atoms with Crippen LogP contribution in [0.2, 0.25) is 10.0 Å². The maximum absolute atomic E-state index is 11.2. The first-order valence-electron chi connectivity index (χ1n) is 5.96. The first-order valence-corrected chi connectivity index (χ1v) is 7.53. The van der Waals surface area contributed by atoms with Crippen molar-refractivity contribution in [3.05, 3.63) is 38.8 Å². The molecule has 1 aromatic heterocycles. The average molecular weight is 331 g/mol. The van der Waals surface area contributed by atoms with Gasteiger partial charge in [0.2, 0.25) is 0 Å². The molecule has 0 fully saturated rings. The van der Waals surface area contributed by atoms with Gasteiger partial charge < -0.3 is 10.4 Å². The van der Waals surface area contributed by atoms with Crippen LogP contribution in [0.15, 0.2) is 18.2 Å². The quantitative estimate of drug-likeness (QED) is 0.822. The van der Waals surface area contributed by atoms with E-state index in [4.69, 9.17) is 28.3 Å². The van der Waals surface area contributed by atoms with E-state index in [9.17, 15) is 4.79 Å². The second-order valence-electron chi connectivity index (χ2n) is 4.10. The Kier molecular flexibility index (Phi) is 4.86. The molecule has 0 amide bonds. The highest BCUT2D eigenvalue weighted by atomic mass is 35.5. The molecule has 20 heavy (non-hydrogen) atoms. The van der Waals surface area contributed by atoms with E-state index < -0.39 is 5.97 Å². The third kappa shape index (κ3) is 3.42. The van der Waals surface area contributed by atoms with Gasteiger partial charge in [-0.25, -0.2) is 9.78 Å². The molecule has 7 heteroatoms. The number of benzene rings is 1. The van der Waals surface area contributed by atoms with Crippen LogP contribution < -0.4 is 5.32 Å². The first kappa shape index (κ1) is 15.1. The zero-order chi connectivity index (χ0) is 14.7. The smallest absolute Gasteiger partial charge is 0.347 e. The molecule has 0 unspecified atom stereocenters. The topological polar surface area (TPSA) is 62.2 Å². The molecule has 0 spiro atoms. The van der Waals surface area contributed by atoms with Gasteiger partial charge in [0.1, 0.15) is 4.88 Å². The fourth-order valence-corrected chi connectivity index (χ4v) is 2.84. The molecule has 0 saturated carbocycles. The van der Waals surface area contributed by atoms with Crippen LogP contribution in [0, 0.1) is 0 Å². The second-order valence-corrected chi connectivity index (χ2v) is 5.92. The van der Waals surface area contributed by atoms with Gasteiger partial charge in [0.05, 0.1) is 15.7 Å². The van der Waals surface area contributed by atoms with Crippen LogP contribution in [0.5, 0.6) is 0 Å². The summed E-state index contributed by atoms with van der Waals surface area (Å²) >= 11 is 12.9. The molecule has 0 aliphatic carbocycles. The molecule has 0 aliphatic rings. The highest BCUT2D eigenvalue weighted by molar-refractivity contribution is 7.17. The number of rotatable bonds is 5. The number of halogens is 2. The van der Waals surface area contributed by atoms with Crippen LogP contribution in [0.1, 0.15) is 28.7 Å². The summed E-state index contributed by atoms with van der Waals surface area (Å²) in [6.45, 7) is 1.98. The minimum Gasteiger partial charge on any atom is -0.477 e. The Morgan fingerprint density at radius 3 is 2.75 bits per heavy atom. The van der Waals surface area contributed by atoms with Crippen molar-refractivity contribution in [2.45, 2.75) is 19.8 Å². The fourth-order valence-electron chi connectivity index (χ4n) is 1.68. The predicted octanol–water partition coefficient (Wildman–Crippen LogP) is 4.84. The first-order chi connectivity index (χ1) is 9.51. The molecule has 106 valence electrons. The molecule has 0 atom stereocenters. The number of aryl methyl sites for hydroxylation is 1. The highest BCUT2D eigenvalue weighted by Gasteiger charge is 2.16. The molecule has 0 radical (unpaired) electrons. The Hall–Kier alpha value is -1.30. The number of thiazole rings is 1.